The summed E-state index contributed by atoms with van der Waals surface area (Å²) >= 11 is 0. The van der Waals surface area contributed by atoms with Crippen LogP contribution in [0, 0.1) is 0 Å². The maximum absolute atomic E-state index is 11.1. The van der Waals surface area contributed by atoms with E-state index in [9.17, 15) is 9.90 Å². The number of hydrogen-bond acceptors (Lipinski definition) is 4. The fourth-order valence-electron chi connectivity index (χ4n) is 1.35. The van der Waals surface area contributed by atoms with Gasteiger partial charge < -0.3 is 20.5 Å². The van der Waals surface area contributed by atoms with E-state index < -0.39 is 12.2 Å². The van der Waals surface area contributed by atoms with Crippen LogP contribution in [-0.4, -0.2) is 47.9 Å². The summed E-state index contributed by atoms with van der Waals surface area (Å²) in [4.78, 5) is 12.6. The number of carbonyl (C=O) groups is 1. The van der Waals surface area contributed by atoms with Crippen LogP contribution < -0.4 is 5.73 Å². The van der Waals surface area contributed by atoms with Gasteiger partial charge >= 0.3 is 6.09 Å². The smallest absolute Gasteiger partial charge is 0.410 e. The molecule has 0 spiro atoms. The number of likely N-dealkylation sites (N-methyl/N-ethyl adjacent to an activating group) is 1. The number of aliphatic hydroxyl groups is 1. The molecule has 0 radical (unpaired) electrons. The quantitative estimate of drug-likeness (QED) is 0.625. The molecule has 1 amide bonds. The molecule has 1 heterocycles. The number of hydrogen-bond donors (Lipinski definition) is 2. The fraction of sp³-hybridized carbons (Fsp3) is 0.875. The summed E-state index contributed by atoms with van der Waals surface area (Å²) in [6.45, 7) is 3.36. The first kappa shape index (κ1) is 10.3. The molecular weight excluding hydrogens is 172 g/mol. The standard InChI is InChI=1S/C8H16N2O3/c1-2-10-5-7(13-8(10)12)6(11)3-4-9/h6-7,11H,2-5,9H2,1H3. The highest BCUT2D eigenvalue weighted by molar-refractivity contribution is 5.69. The van der Waals surface area contributed by atoms with Gasteiger partial charge in [-0.05, 0) is 19.9 Å². The summed E-state index contributed by atoms with van der Waals surface area (Å²) < 4.78 is 4.96. The van der Waals surface area contributed by atoms with E-state index in [0.29, 0.717) is 26.1 Å². The summed E-state index contributed by atoms with van der Waals surface area (Å²) in [5.41, 5.74) is 5.28. The Bertz CT molecular complexity index is 186. The number of carbonyl (C=O) groups excluding carboxylic acids is 1. The van der Waals surface area contributed by atoms with Crippen molar-refractivity contribution in [3.8, 4) is 0 Å². The molecule has 3 N–H and O–H groups in total. The highest BCUT2D eigenvalue weighted by Crippen LogP contribution is 2.15. The number of nitrogens with two attached hydrogens (primary N) is 1. The van der Waals surface area contributed by atoms with Crippen molar-refractivity contribution >= 4 is 6.09 Å². The van der Waals surface area contributed by atoms with E-state index in [4.69, 9.17) is 10.5 Å². The Hall–Kier alpha value is -0.810. The van der Waals surface area contributed by atoms with Crippen LogP contribution in [0.3, 0.4) is 0 Å². The average Bonchev–Trinajstić information content (AvgIpc) is 2.47. The monoisotopic (exact) mass is 188 g/mol. The molecule has 5 heteroatoms. The third kappa shape index (κ3) is 2.32. The van der Waals surface area contributed by atoms with Crippen molar-refractivity contribution < 1.29 is 14.6 Å². The molecule has 2 atom stereocenters. The van der Waals surface area contributed by atoms with Gasteiger partial charge in [-0.2, -0.15) is 0 Å². The van der Waals surface area contributed by atoms with Crippen LogP contribution in [0.5, 0.6) is 0 Å². The van der Waals surface area contributed by atoms with Crippen LogP contribution in [0.4, 0.5) is 4.79 Å². The van der Waals surface area contributed by atoms with Gasteiger partial charge in [-0.1, -0.05) is 0 Å². The molecule has 0 aromatic rings. The minimum Gasteiger partial charge on any atom is -0.441 e. The maximum Gasteiger partial charge on any atom is 0.410 e. The Kier molecular flexibility index (Phi) is 3.50. The van der Waals surface area contributed by atoms with Gasteiger partial charge in [-0.25, -0.2) is 4.79 Å². The van der Waals surface area contributed by atoms with Crippen molar-refractivity contribution in [1.29, 1.82) is 0 Å². The number of amides is 1. The first-order chi connectivity index (χ1) is 6.19. The van der Waals surface area contributed by atoms with Crippen molar-refractivity contribution in [3.05, 3.63) is 0 Å². The van der Waals surface area contributed by atoms with Crippen molar-refractivity contribution in [1.82, 2.24) is 4.90 Å². The summed E-state index contributed by atoms with van der Waals surface area (Å²) in [6.07, 6.45) is -0.916. The van der Waals surface area contributed by atoms with E-state index in [1.54, 1.807) is 4.90 Å². The summed E-state index contributed by atoms with van der Waals surface area (Å²) in [6, 6.07) is 0. The minimum absolute atomic E-state index is 0.344. The zero-order valence-corrected chi connectivity index (χ0v) is 7.77. The number of nitrogens with zero attached hydrogens (tertiary/aromatic N) is 1. The van der Waals surface area contributed by atoms with Crippen molar-refractivity contribution in [3.63, 3.8) is 0 Å². The highest BCUT2D eigenvalue weighted by Gasteiger charge is 2.34. The molecule has 1 saturated heterocycles. The Labute approximate surface area is 77.5 Å². The van der Waals surface area contributed by atoms with Crippen LogP contribution in [0.1, 0.15) is 13.3 Å². The van der Waals surface area contributed by atoms with Gasteiger partial charge in [0.1, 0.15) is 6.10 Å². The van der Waals surface area contributed by atoms with Crippen molar-refractivity contribution in [2.24, 2.45) is 5.73 Å². The molecule has 0 aliphatic carbocycles. The van der Waals surface area contributed by atoms with Gasteiger partial charge in [0.25, 0.3) is 0 Å². The zero-order valence-electron chi connectivity index (χ0n) is 7.77. The van der Waals surface area contributed by atoms with E-state index in [0.717, 1.165) is 0 Å². The van der Waals surface area contributed by atoms with Crippen LogP contribution >= 0.6 is 0 Å². The molecule has 1 fully saturated rings. The molecule has 76 valence electrons. The lowest BCUT2D eigenvalue weighted by Gasteiger charge is -2.14. The predicted molar refractivity (Wildman–Crippen MR) is 47.2 cm³/mol. The molecule has 1 rings (SSSR count). The van der Waals surface area contributed by atoms with Crippen molar-refractivity contribution in [2.45, 2.75) is 25.6 Å². The number of cyclic esters (lactones) is 1. The zero-order chi connectivity index (χ0) is 9.84. The summed E-state index contributed by atoms with van der Waals surface area (Å²) in [5, 5.41) is 9.50. The van der Waals surface area contributed by atoms with Gasteiger partial charge in [-0.3, -0.25) is 0 Å². The fourth-order valence-corrected chi connectivity index (χ4v) is 1.35. The third-order valence-corrected chi connectivity index (χ3v) is 2.18. The second-order valence-electron chi connectivity index (χ2n) is 3.11. The molecule has 0 aromatic carbocycles. The van der Waals surface area contributed by atoms with Crippen LogP contribution in [0.25, 0.3) is 0 Å². The average molecular weight is 188 g/mol. The molecule has 5 nitrogen and oxygen atoms in total. The topological polar surface area (TPSA) is 75.8 Å². The van der Waals surface area contributed by atoms with E-state index in [2.05, 4.69) is 0 Å². The second kappa shape index (κ2) is 4.43. The van der Waals surface area contributed by atoms with Crippen LogP contribution in [0.15, 0.2) is 0 Å². The molecule has 13 heavy (non-hydrogen) atoms. The number of rotatable bonds is 4. The molecule has 2 unspecified atom stereocenters. The van der Waals surface area contributed by atoms with Gasteiger partial charge in [-0.15, -0.1) is 0 Å². The first-order valence-corrected chi connectivity index (χ1v) is 4.52. The van der Waals surface area contributed by atoms with Crippen LogP contribution in [-0.2, 0) is 4.74 Å². The SMILES string of the molecule is CCN1CC(C(O)CCN)OC1=O. The van der Waals surface area contributed by atoms with Gasteiger partial charge in [0, 0.05) is 6.54 Å². The van der Waals surface area contributed by atoms with E-state index in [-0.39, 0.29) is 6.09 Å². The van der Waals surface area contributed by atoms with Crippen LogP contribution in [0.2, 0.25) is 0 Å². The molecule has 0 bridgehead atoms. The molecule has 1 aliphatic rings. The lowest BCUT2D eigenvalue weighted by atomic mass is 10.1. The lowest BCUT2D eigenvalue weighted by molar-refractivity contribution is 0.0294. The Morgan fingerprint density at radius 3 is 3.00 bits per heavy atom. The van der Waals surface area contributed by atoms with Gasteiger partial charge in [0.15, 0.2) is 0 Å². The minimum atomic E-state index is -0.634. The third-order valence-electron chi connectivity index (χ3n) is 2.18. The second-order valence-corrected chi connectivity index (χ2v) is 3.11. The Balaban J connectivity index is 2.43. The Morgan fingerprint density at radius 2 is 2.54 bits per heavy atom. The normalized spacial score (nSPS) is 24.7. The summed E-state index contributed by atoms with van der Waals surface area (Å²) in [7, 11) is 0. The highest BCUT2D eigenvalue weighted by atomic mass is 16.6. The van der Waals surface area contributed by atoms with E-state index >= 15 is 0 Å². The lowest BCUT2D eigenvalue weighted by Crippen LogP contribution is -2.32. The van der Waals surface area contributed by atoms with E-state index in [1.807, 2.05) is 6.92 Å². The Morgan fingerprint density at radius 1 is 1.85 bits per heavy atom. The largest absolute Gasteiger partial charge is 0.441 e. The molecule has 0 saturated carbocycles. The molecular formula is C8H16N2O3. The first-order valence-electron chi connectivity index (χ1n) is 4.52. The van der Waals surface area contributed by atoms with Gasteiger partial charge in [0.05, 0.1) is 12.6 Å². The molecule has 0 aromatic heterocycles. The molecule has 1 aliphatic heterocycles. The maximum atomic E-state index is 11.1. The van der Waals surface area contributed by atoms with E-state index in [1.165, 1.54) is 0 Å². The summed E-state index contributed by atoms with van der Waals surface area (Å²) in [5.74, 6) is 0. The van der Waals surface area contributed by atoms with Crippen molar-refractivity contribution in [2.75, 3.05) is 19.6 Å². The number of aliphatic hydroxyl groups excluding tert-OH is 1. The van der Waals surface area contributed by atoms with Gasteiger partial charge in [0.2, 0.25) is 0 Å². The number of ether oxygens (including phenoxy) is 1. The predicted octanol–water partition coefficient (Wildman–Crippen LogP) is -0.463.